The summed E-state index contributed by atoms with van der Waals surface area (Å²) in [5, 5.41) is 2.82. The van der Waals surface area contributed by atoms with E-state index in [9.17, 15) is 9.59 Å². The molecule has 0 bridgehead atoms. The van der Waals surface area contributed by atoms with Gasteiger partial charge in [-0.1, -0.05) is 48.5 Å². The molecule has 2 amide bonds. The minimum Gasteiger partial charge on any atom is -0.341 e. The van der Waals surface area contributed by atoms with Crippen molar-refractivity contribution >= 4 is 17.5 Å². The molecular weight excluding hydrogens is 276 g/mol. The van der Waals surface area contributed by atoms with Gasteiger partial charge in [0.15, 0.2) is 0 Å². The van der Waals surface area contributed by atoms with Gasteiger partial charge in [0.1, 0.15) is 5.92 Å². The van der Waals surface area contributed by atoms with Crippen molar-refractivity contribution in [2.24, 2.45) is 5.92 Å². The van der Waals surface area contributed by atoms with Crippen LogP contribution in [0.25, 0.3) is 0 Å². The summed E-state index contributed by atoms with van der Waals surface area (Å²) in [6.45, 7) is 0.505. The lowest BCUT2D eigenvalue weighted by atomic mass is 9.92. The van der Waals surface area contributed by atoms with Crippen LogP contribution in [0.4, 0.5) is 5.69 Å². The van der Waals surface area contributed by atoms with E-state index >= 15 is 0 Å². The molecule has 1 unspecified atom stereocenters. The highest BCUT2D eigenvalue weighted by atomic mass is 16.2. The lowest BCUT2D eigenvalue weighted by molar-refractivity contribution is -0.139. The second kappa shape index (κ2) is 6.02. The van der Waals surface area contributed by atoms with Gasteiger partial charge in [0, 0.05) is 19.3 Å². The van der Waals surface area contributed by atoms with E-state index in [0.29, 0.717) is 13.0 Å². The molecular formula is C18H18N2O2. The summed E-state index contributed by atoms with van der Waals surface area (Å²) >= 11 is 0. The van der Waals surface area contributed by atoms with E-state index in [1.165, 1.54) is 0 Å². The highest BCUT2D eigenvalue weighted by molar-refractivity contribution is 6.08. The van der Waals surface area contributed by atoms with Crippen molar-refractivity contribution in [1.29, 1.82) is 0 Å². The summed E-state index contributed by atoms with van der Waals surface area (Å²) in [7, 11) is 1.74. The summed E-state index contributed by atoms with van der Waals surface area (Å²) in [4.78, 5) is 26.4. The molecule has 22 heavy (non-hydrogen) atoms. The third-order valence-corrected chi connectivity index (χ3v) is 3.95. The average molecular weight is 294 g/mol. The molecule has 112 valence electrons. The zero-order valence-corrected chi connectivity index (χ0v) is 12.5. The topological polar surface area (TPSA) is 49.4 Å². The first-order valence-corrected chi connectivity index (χ1v) is 7.33. The van der Waals surface area contributed by atoms with Crippen LogP contribution in [-0.2, 0) is 22.6 Å². The maximum absolute atomic E-state index is 12.6. The summed E-state index contributed by atoms with van der Waals surface area (Å²) < 4.78 is 0. The normalized spacial score (nSPS) is 16.6. The molecule has 0 spiro atoms. The van der Waals surface area contributed by atoms with Gasteiger partial charge in [0.25, 0.3) is 0 Å². The number of nitrogens with one attached hydrogen (secondary N) is 1. The maximum atomic E-state index is 12.6. The number of hydrogen-bond acceptors (Lipinski definition) is 2. The molecule has 2 aromatic rings. The SMILES string of the molecule is CN(Cc1ccccc1)C(=O)C1Cc2ccccc2NC1=O. The first-order valence-electron chi connectivity index (χ1n) is 7.33. The van der Waals surface area contributed by atoms with Gasteiger partial charge < -0.3 is 10.2 Å². The Balaban J connectivity index is 1.73. The van der Waals surface area contributed by atoms with Gasteiger partial charge in [-0.25, -0.2) is 0 Å². The van der Waals surface area contributed by atoms with Gasteiger partial charge in [-0.05, 0) is 23.6 Å². The lowest BCUT2D eigenvalue weighted by Crippen LogP contribution is -2.42. The fourth-order valence-corrected chi connectivity index (χ4v) is 2.75. The van der Waals surface area contributed by atoms with E-state index in [1.54, 1.807) is 11.9 Å². The molecule has 1 aliphatic rings. The Labute approximate surface area is 129 Å². The van der Waals surface area contributed by atoms with Crippen LogP contribution in [-0.4, -0.2) is 23.8 Å². The van der Waals surface area contributed by atoms with Gasteiger partial charge in [-0.3, -0.25) is 9.59 Å². The maximum Gasteiger partial charge on any atom is 0.237 e. The van der Waals surface area contributed by atoms with E-state index in [4.69, 9.17) is 0 Å². The number of para-hydroxylation sites is 1. The van der Waals surface area contributed by atoms with Gasteiger partial charge in [0.2, 0.25) is 11.8 Å². The number of fused-ring (bicyclic) bond motifs is 1. The van der Waals surface area contributed by atoms with E-state index < -0.39 is 5.92 Å². The first kappa shape index (κ1) is 14.3. The summed E-state index contributed by atoms with van der Waals surface area (Å²) in [6.07, 6.45) is 0.458. The Kier molecular flexibility index (Phi) is 3.92. The Morgan fingerprint density at radius 3 is 2.59 bits per heavy atom. The molecule has 4 heteroatoms. The average Bonchev–Trinajstić information content (AvgIpc) is 2.54. The summed E-state index contributed by atoms with van der Waals surface area (Å²) in [5.74, 6) is -1.01. The largest absolute Gasteiger partial charge is 0.341 e. The number of hydrogen-bond donors (Lipinski definition) is 1. The minimum absolute atomic E-state index is 0.143. The van der Waals surface area contributed by atoms with Gasteiger partial charge in [-0.15, -0.1) is 0 Å². The van der Waals surface area contributed by atoms with Gasteiger partial charge >= 0.3 is 0 Å². The molecule has 3 rings (SSSR count). The fourth-order valence-electron chi connectivity index (χ4n) is 2.75. The zero-order valence-electron chi connectivity index (χ0n) is 12.5. The Morgan fingerprint density at radius 2 is 1.82 bits per heavy atom. The fraction of sp³-hybridized carbons (Fsp3) is 0.222. The number of nitrogens with zero attached hydrogens (tertiary/aromatic N) is 1. The molecule has 0 radical (unpaired) electrons. The van der Waals surface area contributed by atoms with E-state index in [0.717, 1.165) is 16.8 Å². The number of carbonyl (C=O) groups excluding carboxylic acids is 2. The number of carbonyl (C=O) groups is 2. The highest BCUT2D eigenvalue weighted by Gasteiger charge is 2.33. The molecule has 4 nitrogen and oxygen atoms in total. The number of benzene rings is 2. The second-order valence-corrected chi connectivity index (χ2v) is 5.58. The molecule has 2 aromatic carbocycles. The van der Waals surface area contributed by atoms with Crippen LogP contribution in [0.5, 0.6) is 0 Å². The van der Waals surface area contributed by atoms with Crippen molar-refractivity contribution in [3.05, 3.63) is 65.7 Å². The predicted molar refractivity (Wildman–Crippen MR) is 85.2 cm³/mol. The van der Waals surface area contributed by atoms with E-state index in [2.05, 4.69) is 5.32 Å². The van der Waals surface area contributed by atoms with Crippen LogP contribution in [0.3, 0.4) is 0 Å². The monoisotopic (exact) mass is 294 g/mol. The number of anilines is 1. The molecule has 0 aromatic heterocycles. The molecule has 1 aliphatic heterocycles. The number of rotatable bonds is 3. The quantitative estimate of drug-likeness (QED) is 0.884. The molecule has 0 saturated carbocycles. The Morgan fingerprint density at radius 1 is 1.14 bits per heavy atom. The third kappa shape index (κ3) is 2.86. The third-order valence-electron chi connectivity index (χ3n) is 3.95. The summed E-state index contributed by atoms with van der Waals surface area (Å²) in [5.41, 5.74) is 2.87. The zero-order chi connectivity index (χ0) is 15.5. The Hall–Kier alpha value is -2.62. The van der Waals surface area contributed by atoms with Crippen molar-refractivity contribution in [3.8, 4) is 0 Å². The minimum atomic E-state index is -0.649. The van der Waals surface area contributed by atoms with Crippen molar-refractivity contribution in [1.82, 2.24) is 4.90 Å². The van der Waals surface area contributed by atoms with Crippen molar-refractivity contribution in [2.45, 2.75) is 13.0 Å². The van der Waals surface area contributed by atoms with Crippen molar-refractivity contribution < 1.29 is 9.59 Å². The second-order valence-electron chi connectivity index (χ2n) is 5.58. The lowest BCUT2D eigenvalue weighted by Gasteiger charge is -2.27. The molecule has 0 saturated heterocycles. The van der Waals surface area contributed by atoms with Crippen LogP contribution in [0.15, 0.2) is 54.6 Å². The first-order chi connectivity index (χ1) is 10.6. The predicted octanol–water partition coefficient (Wildman–Crippen LogP) is 2.46. The van der Waals surface area contributed by atoms with Crippen molar-refractivity contribution in [3.63, 3.8) is 0 Å². The molecule has 0 fully saturated rings. The molecule has 1 heterocycles. The van der Waals surface area contributed by atoms with Crippen LogP contribution in [0.1, 0.15) is 11.1 Å². The number of amides is 2. The molecule has 1 atom stereocenters. The Bertz CT molecular complexity index is 697. The van der Waals surface area contributed by atoms with E-state index in [1.807, 2.05) is 54.6 Å². The standard InChI is InChI=1S/C18H18N2O2/c1-20(12-13-7-3-2-4-8-13)18(22)15-11-14-9-5-6-10-16(14)19-17(15)21/h2-10,15H,11-12H2,1H3,(H,19,21). The molecule has 1 N–H and O–H groups in total. The molecule has 0 aliphatic carbocycles. The van der Waals surface area contributed by atoms with Crippen LogP contribution >= 0.6 is 0 Å². The van der Waals surface area contributed by atoms with Crippen molar-refractivity contribution in [2.75, 3.05) is 12.4 Å². The van der Waals surface area contributed by atoms with Crippen LogP contribution < -0.4 is 5.32 Å². The van der Waals surface area contributed by atoms with Gasteiger partial charge in [0.05, 0.1) is 0 Å². The van der Waals surface area contributed by atoms with Crippen LogP contribution in [0.2, 0.25) is 0 Å². The van der Waals surface area contributed by atoms with E-state index in [-0.39, 0.29) is 11.8 Å². The highest BCUT2D eigenvalue weighted by Crippen LogP contribution is 2.26. The smallest absolute Gasteiger partial charge is 0.237 e. The summed E-state index contributed by atoms with van der Waals surface area (Å²) in [6, 6.07) is 17.4. The van der Waals surface area contributed by atoms with Crippen LogP contribution in [0, 0.1) is 5.92 Å². The van der Waals surface area contributed by atoms with Gasteiger partial charge in [-0.2, -0.15) is 0 Å².